The molecule has 3 aromatic rings. The van der Waals surface area contributed by atoms with Gasteiger partial charge in [0.2, 0.25) is 0 Å². The first-order chi connectivity index (χ1) is 8.84. The van der Waals surface area contributed by atoms with Gasteiger partial charge in [0.1, 0.15) is 5.15 Å². The third kappa shape index (κ3) is 1.25. The quantitative estimate of drug-likeness (QED) is 0.421. The summed E-state index contributed by atoms with van der Waals surface area (Å²) in [4.78, 5) is 4.50. The molecule has 0 N–H and O–H groups in total. The van der Waals surface area contributed by atoms with Crippen molar-refractivity contribution in [3.05, 3.63) is 64.8 Å². The van der Waals surface area contributed by atoms with Crippen LogP contribution in [0.4, 0.5) is 0 Å². The Morgan fingerprint density at radius 2 is 1.72 bits per heavy atom. The minimum absolute atomic E-state index is 0.639. The Kier molecular flexibility index (Phi) is 2.00. The molecule has 86 valence electrons. The lowest BCUT2D eigenvalue weighted by atomic mass is 10.0. The van der Waals surface area contributed by atoms with Gasteiger partial charge in [0.15, 0.2) is 0 Å². The average molecular weight is 252 g/mol. The van der Waals surface area contributed by atoms with Gasteiger partial charge in [-0.15, -0.1) is 0 Å². The van der Waals surface area contributed by atoms with Crippen molar-refractivity contribution in [3.8, 4) is 11.1 Å². The van der Waals surface area contributed by atoms with Crippen molar-refractivity contribution in [3.63, 3.8) is 0 Å². The highest BCUT2D eigenvalue weighted by Crippen LogP contribution is 2.43. The van der Waals surface area contributed by atoms with E-state index in [0.717, 1.165) is 17.5 Å². The minimum Gasteiger partial charge on any atom is -0.236 e. The third-order valence-corrected chi connectivity index (χ3v) is 3.91. The summed E-state index contributed by atoms with van der Waals surface area (Å²) in [6.07, 6.45) is 0.891. The fraction of sp³-hybridized carbons (Fsp3) is 0.0625. The molecule has 1 aliphatic rings. The maximum atomic E-state index is 6.33. The van der Waals surface area contributed by atoms with E-state index in [0.29, 0.717) is 5.15 Å². The molecular formula is C16H10ClN. The lowest BCUT2D eigenvalue weighted by Crippen LogP contribution is -1.89. The smallest absolute Gasteiger partial charge is 0.133 e. The van der Waals surface area contributed by atoms with E-state index in [1.54, 1.807) is 0 Å². The molecule has 1 heterocycles. The monoisotopic (exact) mass is 251 g/mol. The molecule has 0 atom stereocenters. The van der Waals surface area contributed by atoms with E-state index < -0.39 is 0 Å². The summed E-state index contributed by atoms with van der Waals surface area (Å²) in [5.74, 6) is 0. The highest BCUT2D eigenvalue weighted by atomic mass is 35.5. The molecule has 18 heavy (non-hydrogen) atoms. The number of nitrogens with zero attached hydrogens (tertiary/aromatic N) is 1. The van der Waals surface area contributed by atoms with Gasteiger partial charge < -0.3 is 0 Å². The molecule has 0 radical (unpaired) electrons. The van der Waals surface area contributed by atoms with Gasteiger partial charge in [0, 0.05) is 17.4 Å². The summed E-state index contributed by atoms with van der Waals surface area (Å²) >= 11 is 6.33. The molecule has 2 aromatic carbocycles. The van der Waals surface area contributed by atoms with Crippen LogP contribution in [0.2, 0.25) is 5.15 Å². The highest BCUT2D eigenvalue weighted by molar-refractivity contribution is 6.31. The average Bonchev–Trinajstić information content (AvgIpc) is 2.79. The van der Waals surface area contributed by atoms with Crippen molar-refractivity contribution in [2.45, 2.75) is 6.42 Å². The molecule has 0 amide bonds. The normalized spacial score (nSPS) is 12.5. The predicted octanol–water partition coefficient (Wildman–Crippen LogP) is 4.46. The Labute approximate surface area is 110 Å². The van der Waals surface area contributed by atoms with Crippen LogP contribution >= 0.6 is 11.6 Å². The molecule has 1 nitrogen and oxygen atoms in total. The first-order valence-electron chi connectivity index (χ1n) is 6.00. The predicted molar refractivity (Wildman–Crippen MR) is 75.0 cm³/mol. The van der Waals surface area contributed by atoms with Gasteiger partial charge in [-0.1, -0.05) is 54.1 Å². The molecule has 0 saturated heterocycles. The molecule has 0 spiro atoms. The SMILES string of the molecule is Clc1nc2ccccc2c2c1Cc1ccccc1-2. The first kappa shape index (κ1) is 10.1. The summed E-state index contributed by atoms with van der Waals surface area (Å²) in [6, 6.07) is 16.7. The van der Waals surface area contributed by atoms with Crippen LogP contribution in [-0.4, -0.2) is 4.98 Å². The van der Waals surface area contributed by atoms with Crippen molar-refractivity contribution in [1.29, 1.82) is 0 Å². The van der Waals surface area contributed by atoms with E-state index in [1.165, 1.54) is 22.1 Å². The molecule has 1 aromatic heterocycles. The second-order valence-electron chi connectivity index (χ2n) is 4.61. The molecule has 0 unspecified atom stereocenters. The summed E-state index contributed by atoms with van der Waals surface area (Å²) in [6.45, 7) is 0. The largest absolute Gasteiger partial charge is 0.236 e. The van der Waals surface area contributed by atoms with Crippen LogP contribution < -0.4 is 0 Å². The van der Waals surface area contributed by atoms with Crippen molar-refractivity contribution in [2.24, 2.45) is 0 Å². The Morgan fingerprint density at radius 3 is 2.67 bits per heavy atom. The summed E-state index contributed by atoms with van der Waals surface area (Å²) < 4.78 is 0. The zero-order chi connectivity index (χ0) is 12.1. The Balaban J connectivity index is 2.20. The number of rotatable bonds is 0. The fourth-order valence-corrected chi connectivity index (χ4v) is 3.05. The van der Waals surface area contributed by atoms with Crippen LogP contribution in [0.25, 0.3) is 22.0 Å². The number of fused-ring (bicyclic) bond motifs is 5. The highest BCUT2D eigenvalue weighted by Gasteiger charge is 2.23. The number of aromatic nitrogens is 1. The van der Waals surface area contributed by atoms with E-state index in [9.17, 15) is 0 Å². The van der Waals surface area contributed by atoms with Crippen molar-refractivity contribution >= 4 is 22.5 Å². The molecule has 0 fully saturated rings. The number of halogens is 1. The summed E-state index contributed by atoms with van der Waals surface area (Å²) in [7, 11) is 0. The maximum absolute atomic E-state index is 6.33. The fourth-order valence-electron chi connectivity index (χ4n) is 2.80. The topological polar surface area (TPSA) is 12.9 Å². The number of para-hydroxylation sites is 1. The Hall–Kier alpha value is -1.86. The van der Waals surface area contributed by atoms with Crippen LogP contribution in [0.3, 0.4) is 0 Å². The van der Waals surface area contributed by atoms with E-state index >= 15 is 0 Å². The zero-order valence-corrected chi connectivity index (χ0v) is 10.4. The molecule has 2 heteroatoms. The zero-order valence-electron chi connectivity index (χ0n) is 9.65. The van der Waals surface area contributed by atoms with Gasteiger partial charge >= 0.3 is 0 Å². The van der Waals surface area contributed by atoms with E-state index in [4.69, 9.17) is 11.6 Å². The number of hydrogen-bond donors (Lipinski definition) is 0. The third-order valence-electron chi connectivity index (χ3n) is 3.60. The molecule has 0 bridgehead atoms. The minimum atomic E-state index is 0.639. The van der Waals surface area contributed by atoms with E-state index in [-0.39, 0.29) is 0 Å². The molecule has 0 aliphatic heterocycles. The second kappa shape index (κ2) is 3.56. The second-order valence-corrected chi connectivity index (χ2v) is 4.97. The Morgan fingerprint density at radius 1 is 0.944 bits per heavy atom. The first-order valence-corrected chi connectivity index (χ1v) is 6.38. The van der Waals surface area contributed by atoms with Gasteiger partial charge in [0.05, 0.1) is 5.52 Å². The van der Waals surface area contributed by atoms with Gasteiger partial charge in [0.25, 0.3) is 0 Å². The summed E-state index contributed by atoms with van der Waals surface area (Å²) in [5.41, 5.74) is 6.04. The van der Waals surface area contributed by atoms with Crippen LogP contribution in [0.15, 0.2) is 48.5 Å². The molecule has 4 rings (SSSR count). The van der Waals surface area contributed by atoms with Crippen molar-refractivity contribution in [2.75, 3.05) is 0 Å². The maximum Gasteiger partial charge on any atom is 0.133 e. The van der Waals surface area contributed by atoms with Crippen LogP contribution in [-0.2, 0) is 6.42 Å². The molecule has 1 aliphatic carbocycles. The van der Waals surface area contributed by atoms with Gasteiger partial charge in [-0.3, -0.25) is 0 Å². The molecular weight excluding hydrogens is 242 g/mol. The van der Waals surface area contributed by atoms with Gasteiger partial charge in [-0.05, 0) is 22.8 Å². The lowest BCUT2D eigenvalue weighted by molar-refractivity contribution is 1.22. The van der Waals surface area contributed by atoms with E-state index in [2.05, 4.69) is 41.4 Å². The van der Waals surface area contributed by atoms with Crippen LogP contribution in [0.5, 0.6) is 0 Å². The van der Waals surface area contributed by atoms with Crippen molar-refractivity contribution in [1.82, 2.24) is 4.98 Å². The number of benzene rings is 2. The van der Waals surface area contributed by atoms with Crippen LogP contribution in [0, 0.1) is 0 Å². The molecule has 0 saturated carbocycles. The number of pyridine rings is 1. The van der Waals surface area contributed by atoms with Crippen LogP contribution in [0.1, 0.15) is 11.1 Å². The summed E-state index contributed by atoms with van der Waals surface area (Å²) in [5, 5.41) is 1.83. The standard InChI is InChI=1S/C16H10ClN/c17-16-13-9-10-5-1-2-6-11(10)15(13)12-7-3-4-8-14(12)18-16/h1-8H,9H2. The Bertz CT molecular complexity index is 777. The van der Waals surface area contributed by atoms with Gasteiger partial charge in [-0.25, -0.2) is 4.98 Å². The lowest BCUT2D eigenvalue weighted by Gasteiger charge is -2.07. The van der Waals surface area contributed by atoms with Crippen molar-refractivity contribution < 1.29 is 0 Å². The number of hydrogen-bond acceptors (Lipinski definition) is 1. The van der Waals surface area contributed by atoms with E-state index in [1.807, 2.05) is 12.1 Å². The van der Waals surface area contributed by atoms with Gasteiger partial charge in [-0.2, -0.15) is 0 Å².